The van der Waals surface area contributed by atoms with Gasteiger partial charge in [0.1, 0.15) is 40.4 Å². The van der Waals surface area contributed by atoms with Crippen molar-refractivity contribution in [3.8, 4) is 45.4 Å². The monoisotopic (exact) mass is 1160 g/mol. The third-order valence-corrected chi connectivity index (χ3v) is 16.0. The number of ether oxygens (including phenoxy) is 1. The largest absolute Gasteiger partial charge is 0.507 e. The van der Waals surface area contributed by atoms with E-state index in [0.717, 1.165) is 36.8 Å². The van der Waals surface area contributed by atoms with Gasteiger partial charge in [0, 0.05) is 51.4 Å². The van der Waals surface area contributed by atoms with E-state index < -0.39 is 34.7 Å². The molecule has 428 valence electrons. The van der Waals surface area contributed by atoms with E-state index in [9.17, 15) is 33.8 Å². The summed E-state index contributed by atoms with van der Waals surface area (Å²) < 4.78 is 38.5. The van der Waals surface area contributed by atoms with Crippen LogP contribution in [0, 0.1) is 11.6 Å². The summed E-state index contributed by atoms with van der Waals surface area (Å²) in [6.07, 6.45) is 4.97. The van der Waals surface area contributed by atoms with E-state index in [4.69, 9.17) is 37.9 Å². The fraction of sp³-hybridized carbons (Fsp3) is 0.323. The Kier molecular flexibility index (Phi) is 15.2. The Labute approximate surface area is 486 Å². The molecule has 8 aromatic rings. The van der Waals surface area contributed by atoms with Crippen LogP contribution in [0.5, 0.6) is 11.5 Å². The average molecular weight is 1170 g/mol. The van der Waals surface area contributed by atoms with Gasteiger partial charge < -0.3 is 34.5 Å². The van der Waals surface area contributed by atoms with Gasteiger partial charge in [0.2, 0.25) is 5.91 Å². The Morgan fingerprint density at radius 1 is 0.627 bits per heavy atom. The maximum atomic E-state index is 15.0. The molecule has 83 heavy (non-hydrogen) atoms. The van der Waals surface area contributed by atoms with Crippen LogP contribution in [0.25, 0.3) is 56.0 Å². The number of pyridine rings is 2. The molecule has 6 heterocycles. The minimum atomic E-state index is -0.692. The summed E-state index contributed by atoms with van der Waals surface area (Å²) in [5, 5.41) is 22.3. The van der Waals surface area contributed by atoms with Crippen LogP contribution in [0.2, 0.25) is 10.0 Å². The summed E-state index contributed by atoms with van der Waals surface area (Å²) in [5.74, 6) is -0.761. The standard InChI is InChI=1S/C32H33ClFN5O4.C30H27ClFN5O3/c1-18-17-37(31(42)43-32(2,3)4)14-15-38(18)28-21-16-22(33)27(26-23(34)9-7-11-25(26)40)35-29(21)39(30(41)36-28)24-10-6-5-8-20(24)19-12-13-19;1-3-25(39)35-13-14-36(17(2)16-35)28-20-15-21(31)27(26-22(32)8-6-10-24(26)38)33-29(20)37(30(40)34-28)23-9-5-4-7-19(23)18-11-12-18/h5-11,16,18-19,40H,12-15,17H2,1-4H3;3-10,15,17-18,38H,1,11-14,16H2,2H3/t18-;17-/m00/s1. The maximum absolute atomic E-state index is 15.0. The predicted molar refractivity (Wildman–Crippen MR) is 317 cm³/mol. The van der Waals surface area contributed by atoms with E-state index >= 15 is 4.39 Å². The van der Waals surface area contributed by atoms with Crippen molar-refractivity contribution in [3.05, 3.63) is 163 Å². The summed E-state index contributed by atoms with van der Waals surface area (Å²) in [6, 6.07) is 26.1. The number of phenols is 2. The molecule has 0 spiro atoms. The van der Waals surface area contributed by atoms with E-state index in [2.05, 4.69) is 16.5 Å². The number of aromatic nitrogens is 6. The third kappa shape index (κ3) is 11.1. The molecule has 0 bridgehead atoms. The van der Waals surface area contributed by atoms with Crippen molar-refractivity contribution in [1.29, 1.82) is 0 Å². The molecule has 0 radical (unpaired) electrons. The summed E-state index contributed by atoms with van der Waals surface area (Å²) in [4.78, 5) is 78.6. The number of phenolic OH excluding ortho intramolecular Hbond substituents is 2. The van der Waals surface area contributed by atoms with Gasteiger partial charge in [0.05, 0.1) is 54.7 Å². The first-order chi connectivity index (χ1) is 39.7. The third-order valence-electron chi connectivity index (χ3n) is 15.4. The Morgan fingerprint density at radius 2 is 1.05 bits per heavy atom. The smallest absolute Gasteiger partial charge is 0.410 e. The summed E-state index contributed by atoms with van der Waals surface area (Å²) in [6.45, 7) is 15.3. The predicted octanol–water partition coefficient (Wildman–Crippen LogP) is 11.3. The zero-order chi connectivity index (χ0) is 58.8. The number of halogens is 4. The number of fused-ring (bicyclic) bond motifs is 2. The highest BCUT2D eigenvalue weighted by molar-refractivity contribution is 6.34. The van der Waals surface area contributed by atoms with Gasteiger partial charge in [-0.1, -0.05) is 78.3 Å². The van der Waals surface area contributed by atoms with E-state index in [0.29, 0.717) is 84.9 Å². The first-order valence-corrected chi connectivity index (χ1v) is 28.3. The molecule has 2 atom stereocenters. The maximum Gasteiger partial charge on any atom is 0.410 e. The first kappa shape index (κ1) is 56.4. The van der Waals surface area contributed by atoms with Crippen molar-refractivity contribution in [3.63, 3.8) is 0 Å². The van der Waals surface area contributed by atoms with Crippen LogP contribution in [0.15, 0.2) is 119 Å². The second-order valence-electron chi connectivity index (χ2n) is 22.4. The molecule has 2 saturated carbocycles. The SMILES string of the molecule is C=CC(=O)N1CCN(c2nc(=O)n(-c3ccccc3C3CC3)c3nc(-c4c(O)cccc4F)c(Cl)cc23)[C@@H](C)C1.C[C@H]1CN(C(=O)OC(C)(C)C)CCN1c1nc(=O)n(-c2ccccc2C2CC2)c2nc(-c3c(O)cccc3F)c(Cl)cc12. The molecule has 2 aliphatic carbocycles. The van der Waals surface area contributed by atoms with Crippen LogP contribution in [0.4, 0.5) is 25.2 Å². The molecule has 2 aliphatic heterocycles. The fourth-order valence-electron chi connectivity index (χ4n) is 11.2. The lowest BCUT2D eigenvalue weighted by molar-refractivity contribution is -0.126. The first-order valence-electron chi connectivity index (χ1n) is 27.5. The molecule has 17 nitrogen and oxygen atoms in total. The number of hydrogen-bond donors (Lipinski definition) is 2. The van der Waals surface area contributed by atoms with Crippen LogP contribution in [0.1, 0.15) is 83.3 Å². The Balaban J connectivity index is 0.000000174. The van der Waals surface area contributed by atoms with Gasteiger partial charge in [-0.05, 0) is 138 Å². The molecular formula is C62H60Cl2F2N10O7. The molecule has 4 aromatic heterocycles. The number of nitrogens with zero attached hydrogens (tertiary/aromatic N) is 10. The van der Waals surface area contributed by atoms with Crippen LogP contribution in [-0.4, -0.2) is 118 Å². The van der Waals surface area contributed by atoms with Gasteiger partial charge in [-0.15, -0.1) is 0 Å². The highest BCUT2D eigenvalue weighted by atomic mass is 35.5. The van der Waals surface area contributed by atoms with Gasteiger partial charge >= 0.3 is 17.5 Å². The van der Waals surface area contributed by atoms with Gasteiger partial charge in [0.25, 0.3) is 0 Å². The van der Waals surface area contributed by atoms with Crippen molar-refractivity contribution in [1.82, 2.24) is 38.9 Å². The number of carbonyl (C=O) groups excluding carboxylic acids is 2. The van der Waals surface area contributed by atoms with Crippen molar-refractivity contribution in [2.75, 3.05) is 49.1 Å². The average Bonchev–Trinajstić information content (AvgIpc) is 3.37. The second kappa shape index (κ2) is 22.4. The number of amides is 2. The lowest BCUT2D eigenvalue weighted by Crippen LogP contribution is -2.55. The highest BCUT2D eigenvalue weighted by Gasteiger charge is 2.36. The van der Waals surface area contributed by atoms with Crippen molar-refractivity contribution < 1.29 is 33.3 Å². The number of aromatic hydroxyl groups is 2. The number of para-hydroxylation sites is 2. The summed E-state index contributed by atoms with van der Waals surface area (Å²) >= 11 is 13.4. The zero-order valence-corrected chi connectivity index (χ0v) is 47.8. The van der Waals surface area contributed by atoms with E-state index in [-0.39, 0.29) is 73.3 Å². The molecule has 21 heteroatoms. The normalized spacial score (nSPS) is 17.4. The number of hydrogen-bond acceptors (Lipinski definition) is 13. The van der Waals surface area contributed by atoms with E-state index in [1.54, 1.807) is 21.9 Å². The molecule has 12 rings (SSSR count). The Bertz CT molecular complexity index is 4010. The Hall–Kier alpha value is -8.42. The van der Waals surface area contributed by atoms with E-state index in [1.165, 1.54) is 51.6 Å². The minimum absolute atomic E-state index is 0.0155. The molecule has 0 unspecified atom stereocenters. The van der Waals surface area contributed by atoms with Crippen LogP contribution in [-0.2, 0) is 9.53 Å². The minimum Gasteiger partial charge on any atom is -0.507 e. The fourth-order valence-corrected chi connectivity index (χ4v) is 11.6. The van der Waals surface area contributed by atoms with Crippen LogP contribution in [0.3, 0.4) is 0 Å². The van der Waals surface area contributed by atoms with Crippen molar-refractivity contribution in [2.24, 2.45) is 0 Å². The van der Waals surface area contributed by atoms with Crippen molar-refractivity contribution >= 4 is 68.9 Å². The second-order valence-corrected chi connectivity index (χ2v) is 23.2. The molecule has 4 fully saturated rings. The highest BCUT2D eigenvalue weighted by Crippen LogP contribution is 2.46. The zero-order valence-electron chi connectivity index (χ0n) is 46.3. The number of benzene rings is 4. The van der Waals surface area contributed by atoms with Gasteiger partial charge in [0.15, 0.2) is 11.3 Å². The van der Waals surface area contributed by atoms with Crippen molar-refractivity contribution in [2.45, 2.75) is 89.8 Å². The lowest BCUT2D eigenvalue weighted by atomic mass is 10.1. The van der Waals surface area contributed by atoms with Crippen LogP contribution >= 0.6 is 23.2 Å². The number of rotatable bonds is 9. The van der Waals surface area contributed by atoms with Crippen LogP contribution < -0.4 is 21.2 Å². The molecule has 4 aromatic carbocycles. The number of carbonyl (C=O) groups is 2. The summed E-state index contributed by atoms with van der Waals surface area (Å²) in [7, 11) is 0. The molecular weight excluding hydrogens is 1110 g/mol. The number of anilines is 2. The molecule has 2 amide bonds. The Morgan fingerprint density at radius 3 is 1.45 bits per heavy atom. The van der Waals surface area contributed by atoms with Gasteiger partial charge in [-0.2, -0.15) is 9.97 Å². The quantitative estimate of drug-likeness (QED) is 0.130. The lowest BCUT2D eigenvalue weighted by Gasteiger charge is -2.41. The topological polar surface area (TPSA) is 192 Å². The molecule has 4 aliphatic rings. The number of piperazine rings is 2. The summed E-state index contributed by atoms with van der Waals surface area (Å²) in [5.41, 5.74) is 1.86. The van der Waals surface area contributed by atoms with Gasteiger partial charge in [-0.25, -0.2) is 42.3 Å². The molecule has 2 N–H and O–H groups in total. The van der Waals surface area contributed by atoms with Gasteiger partial charge in [-0.3, -0.25) is 4.79 Å². The molecule has 2 saturated heterocycles. The van der Waals surface area contributed by atoms with E-state index in [1.807, 2.05) is 92.9 Å².